The summed E-state index contributed by atoms with van der Waals surface area (Å²) in [5.41, 5.74) is 2.62. The summed E-state index contributed by atoms with van der Waals surface area (Å²) in [6.45, 7) is 3.92. The van der Waals surface area contributed by atoms with Crippen molar-refractivity contribution in [2.45, 2.75) is 32.8 Å². The first kappa shape index (κ1) is 13.6. The van der Waals surface area contributed by atoms with Crippen LogP contribution in [0.4, 0.5) is 0 Å². The number of rotatable bonds is 4. The van der Waals surface area contributed by atoms with Crippen LogP contribution in [0.15, 0.2) is 22.0 Å². The van der Waals surface area contributed by atoms with Crippen LogP contribution in [0.1, 0.15) is 34.9 Å². The summed E-state index contributed by atoms with van der Waals surface area (Å²) in [6, 6.07) is 3.97. The van der Waals surface area contributed by atoms with Crippen molar-refractivity contribution < 1.29 is 5.11 Å². The lowest BCUT2D eigenvalue weighted by Gasteiger charge is -2.13. The SMILES string of the molecule is CCc1nnc(C)cc1C(O)Cc1cc(Br)cs1. The smallest absolute Gasteiger partial charge is 0.0857 e. The van der Waals surface area contributed by atoms with Crippen LogP contribution in [0.25, 0.3) is 0 Å². The van der Waals surface area contributed by atoms with Crippen LogP contribution in [0.2, 0.25) is 0 Å². The van der Waals surface area contributed by atoms with E-state index in [9.17, 15) is 5.11 Å². The first-order valence-electron chi connectivity index (χ1n) is 5.84. The Balaban J connectivity index is 2.22. The Bertz CT molecular complexity index is 542. The average Bonchev–Trinajstić information content (AvgIpc) is 2.74. The van der Waals surface area contributed by atoms with Crippen molar-refractivity contribution in [3.8, 4) is 0 Å². The van der Waals surface area contributed by atoms with Gasteiger partial charge in [-0.25, -0.2) is 0 Å². The van der Waals surface area contributed by atoms with E-state index < -0.39 is 6.10 Å². The minimum Gasteiger partial charge on any atom is -0.388 e. The summed E-state index contributed by atoms with van der Waals surface area (Å²) in [5.74, 6) is 0. The van der Waals surface area contributed by atoms with Crippen molar-refractivity contribution >= 4 is 27.3 Å². The monoisotopic (exact) mass is 326 g/mol. The summed E-state index contributed by atoms with van der Waals surface area (Å²) in [7, 11) is 0. The number of hydrogen-bond donors (Lipinski definition) is 1. The minimum atomic E-state index is -0.514. The van der Waals surface area contributed by atoms with E-state index in [0.717, 1.165) is 32.7 Å². The maximum Gasteiger partial charge on any atom is 0.0857 e. The van der Waals surface area contributed by atoms with Gasteiger partial charge in [0, 0.05) is 26.7 Å². The third-order valence-electron chi connectivity index (χ3n) is 2.74. The van der Waals surface area contributed by atoms with Gasteiger partial charge in [0.15, 0.2) is 0 Å². The first-order valence-corrected chi connectivity index (χ1v) is 7.51. The molecule has 0 aliphatic carbocycles. The summed E-state index contributed by atoms with van der Waals surface area (Å²) in [4.78, 5) is 1.16. The summed E-state index contributed by atoms with van der Waals surface area (Å²) in [6.07, 6.45) is 0.891. The van der Waals surface area contributed by atoms with Gasteiger partial charge in [0.05, 0.1) is 17.5 Å². The second-order valence-corrected chi connectivity index (χ2v) is 6.10. The minimum absolute atomic E-state index is 0.514. The highest BCUT2D eigenvalue weighted by Gasteiger charge is 2.15. The van der Waals surface area contributed by atoms with Crippen LogP contribution in [0.3, 0.4) is 0 Å². The zero-order valence-electron chi connectivity index (χ0n) is 10.4. The molecule has 0 spiro atoms. The van der Waals surface area contributed by atoms with Gasteiger partial charge >= 0.3 is 0 Å². The van der Waals surface area contributed by atoms with E-state index in [0.29, 0.717) is 6.42 Å². The Kier molecular flexibility index (Phi) is 4.48. The van der Waals surface area contributed by atoms with Gasteiger partial charge in [-0.1, -0.05) is 6.92 Å². The number of aliphatic hydroxyl groups excluding tert-OH is 1. The molecule has 0 aromatic carbocycles. The van der Waals surface area contributed by atoms with Crippen molar-refractivity contribution in [3.63, 3.8) is 0 Å². The molecule has 0 aliphatic heterocycles. The highest BCUT2D eigenvalue weighted by Crippen LogP contribution is 2.26. The molecule has 2 aromatic heterocycles. The van der Waals surface area contributed by atoms with Gasteiger partial charge < -0.3 is 5.11 Å². The van der Waals surface area contributed by atoms with E-state index in [-0.39, 0.29) is 0 Å². The maximum absolute atomic E-state index is 10.3. The molecule has 0 saturated carbocycles. The largest absolute Gasteiger partial charge is 0.388 e. The zero-order valence-corrected chi connectivity index (χ0v) is 12.8. The molecule has 1 atom stereocenters. The fourth-order valence-electron chi connectivity index (χ4n) is 1.86. The molecule has 0 bridgehead atoms. The van der Waals surface area contributed by atoms with Gasteiger partial charge in [-0.15, -0.1) is 11.3 Å². The molecule has 1 N–H and O–H groups in total. The number of aromatic nitrogens is 2. The Labute approximate surface area is 119 Å². The first-order chi connectivity index (χ1) is 8.60. The predicted molar refractivity (Wildman–Crippen MR) is 76.8 cm³/mol. The van der Waals surface area contributed by atoms with Gasteiger partial charge in [-0.3, -0.25) is 0 Å². The highest BCUT2D eigenvalue weighted by atomic mass is 79.9. The average molecular weight is 327 g/mol. The van der Waals surface area contributed by atoms with E-state index in [1.54, 1.807) is 11.3 Å². The molecule has 5 heteroatoms. The number of thiophene rings is 1. The molecule has 2 rings (SSSR count). The van der Waals surface area contributed by atoms with E-state index >= 15 is 0 Å². The third-order valence-corrected chi connectivity index (χ3v) is 4.46. The molecular weight excluding hydrogens is 312 g/mol. The molecule has 18 heavy (non-hydrogen) atoms. The van der Waals surface area contributed by atoms with Crippen LogP contribution in [-0.4, -0.2) is 15.3 Å². The maximum atomic E-state index is 10.3. The summed E-state index contributed by atoms with van der Waals surface area (Å²) in [5, 5.41) is 20.6. The number of hydrogen-bond acceptors (Lipinski definition) is 4. The molecule has 0 radical (unpaired) electrons. The quantitative estimate of drug-likeness (QED) is 0.936. The lowest BCUT2D eigenvalue weighted by molar-refractivity contribution is 0.177. The van der Waals surface area contributed by atoms with Gasteiger partial charge in [-0.05, 0) is 41.4 Å². The van der Waals surface area contributed by atoms with Crippen LogP contribution >= 0.6 is 27.3 Å². The molecule has 0 fully saturated rings. The van der Waals surface area contributed by atoms with Crippen LogP contribution < -0.4 is 0 Å². The molecule has 0 aliphatic rings. The molecular formula is C13H15BrN2OS. The second-order valence-electron chi connectivity index (χ2n) is 4.19. The molecule has 2 heterocycles. The summed E-state index contributed by atoms with van der Waals surface area (Å²) < 4.78 is 1.06. The molecule has 3 nitrogen and oxygen atoms in total. The van der Waals surface area contributed by atoms with Crippen LogP contribution in [-0.2, 0) is 12.8 Å². The predicted octanol–water partition coefficient (Wildman–Crippen LogP) is 3.45. The van der Waals surface area contributed by atoms with Gasteiger partial charge in [0.1, 0.15) is 0 Å². The lowest BCUT2D eigenvalue weighted by atomic mass is 10.0. The molecule has 1 unspecified atom stereocenters. The van der Waals surface area contributed by atoms with Gasteiger partial charge in [0.25, 0.3) is 0 Å². The molecule has 96 valence electrons. The normalized spacial score (nSPS) is 12.7. The van der Waals surface area contributed by atoms with Crippen molar-refractivity contribution in [1.29, 1.82) is 0 Å². The highest BCUT2D eigenvalue weighted by molar-refractivity contribution is 9.10. The van der Waals surface area contributed by atoms with E-state index in [2.05, 4.69) is 26.1 Å². The van der Waals surface area contributed by atoms with Crippen LogP contribution in [0, 0.1) is 6.92 Å². The lowest BCUT2D eigenvalue weighted by Crippen LogP contribution is -2.08. The number of aliphatic hydroxyl groups is 1. The van der Waals surface area contributed by atoms with Gasteiger partial charge in [0.2, 0.25) is 0 Å². The van der Waals surface area contributed by atoms with E-state index in [4.69, 9.17) is 0 Å². The summed E-state index contributed by atoms with van der Waals surface area (Å²) >= 11 is 5.07. The zero-order chi connectivity index (χ0) is 13.1. The Morgan fingerprint density at radius 2 is 2.17 bits per heavy atom. The van der Waals surface area contributed by atoms with Crippen molar-refractivity contribution in [2.75, 3.05) is 0 Å². The fraction of sp³-hybridized carbons (Fsp3) is 0.385. The van der Waals surface area contributed by atoms with Gasteiger partial charge in [-0.2, -0.15) is 10.2 Å². The van der Waals surface area contributed by atoms with E-state index in [1.165, 1.54) is 0 Å². The second kappa shape index (κ2) is 5.91. The Hall–Kier alpha value is -0.780. The van der Waals surface area contributed by atoms with E-state index in [1.807, 2.05) is 31.4 Å². The van der Waals surface area contributed by atoms with Crippen LogP contribution in [0.5, 0.6) is 0 Å². The molecule has 0 amide bonds. The topological polar surface area (TPSA) is 46.0 Å². The van der Waals surface area contributed by atoms with Crippen molar-refractivity contribution in [2.24, 2.45) is 0 Å². The Morgan fingerprint density at radius 3 is 2.78 bits per heavy atom. The third kappa shape index (κ3) is 3.16. The number of halogens is 1. The Morgan fingerprint density at radius 1 is 1.39 bits per heavy atom. The fourth-order valence-corrected chi connectivity index (χ4v) is 3.35. The van der Waals surface area contributed by atoms with Crippen molar-refractivity contribution in [1.82, 2.24) is 10.2 Å². The standard InChI is InChI=1S/C13H15BrN2OS/c1-3-12-11(4-8(2)15-16-12)13(17)6-10-5-9(14)7-18-10/h4-5,7,13,17H,3,6H2,1-2H3. The molecule has 2 aromatic rings. The molecule has 0 saturated heterocycles. The van der Waals surface area contributed by atoms with Crippen molar-refractivity contribution in [3.05, 3.63) is 43.8 Å². The number of aryl methyl sites for hydroxylation is 2. The number of nitrogens with zero attached hydrogens (tertiary/aromatic N) is 2.